The van der Waals surface area contributed by atoms with Crippen LogP contribution in [0.2, 0.25) is 17.3 Å². The number of hydrogen-bond donors (Lipinski definition) is 6. The van der Waals surface area contributed by atoms with Crippen LogP contribution < -0.4 is 45.6 Å². The number of nitrogens with one attached hydrogen (secondary N) is 3. The Hall–Kier alpha value is -6.05. The van der Waals surface area contributed by atoms with Crippen LogP contribution in [0.3, 0.4) is 0 Å². The molecule has 18 rings (SSSR count). The predicted molar refractivity (Wildman–Crippen MR) is 531 cm³/mol. The molecule has 8 aliphatic heterocycles. The average Bonchev–Trinajstić information content (AvgIpc) is 1.46. The average molecular weight is 2170 g/mol. The highest BCUT2D eigenvalue weighted by Gasteiger charge is 2.59. The molecule has 12 atom stereocenters. The molecule has 4 amide bonds. The molecule has 0 radical (unpaired) electrons. The Bertz CT molecular complexity index is 5200. The number of carbonyl (C=O) groups excluding carboxylic acids is 4. The van der Waals surface area contributed by atoms with E-state index in [-0.39, 0.29) is 105 Å². The maximum absolute atomic E-state index is 15.9. The third-order valence-electron chi connectivity index (χ3n) is 29.4. The van der Waals surface area contributed by atoms with Crippen LogP contribution in [0.1, 0.15) is 240 Å². The first kappa shape index (κ1) is 110. The fourth-order valence-corrected chi connectivity index (χ4v) is 30.2. The zero-order valence-electron chi connectivity index (χ0n) is 77.3. The Morgan fingerprint density at radius 3 is 0.779 bits per heavy atom. The van der Waals surface area contributed by atoms with E-state index >= 15 is 26.3 Å². The number of halogens is 12. The van der Waals surface area contributed by atoms with E-state index in [2.05, 4.69) is 28.0 Å². The molecule has 42 heteroatoms. The Morgan fingerprint density at radius 2 is 0.557 bits per heavy atom. The zero-order chi connectivity index (χ0) is 99.4. The summed E-state index contributed by atoms with van der Waals surface area (Å²) in [5.41, 5.74) is 17.9. The van der Waals surface area contributed by atoms with Gasteiger partial charge >= 0.3 is 23.7 Å². The van der Waals surface area contributed by atoms with E-state index in [4.69, 9.17) is 77.8 Å². The number of hydrogen-bond acceptors (Lipinski definition) is 20. The van der Waals surface area contributed by atoms with E-state index < -0.39 is 116 Å². The molecule has 8 bridgehead atoms. The lowest BCUT2D eigenvalue weighted by Gasteiger charge is -2.40. The summed E-state index contributed by atoms with van der Waals surface area (Å²) >= 11 is 26.1. The molecule has 11 aliphatic rings. The largest absolute Gasteiger partial charge is 0.493 e. The maximum atomic E-state index is 15.9. The first-order valence-electron chi connectivity index (χ1n) is 48.3. The summed E-state index contributed by atoms with van der Waals surface area (Å²) in [6.45, 7) is 5.91. The van der Waals surface area contributed by atoms with Gasteiger partial charge in [0, 0.05) is 60.4 Å². The lowest BCUT2D eigenvalue weighted by molar-refractivity contribution is -0.150. The van der Waals surface area contributed by atoms with E-state index in [9.17, 15) is 53.2 Å². The van der Waals surface area contributed by atoms with Gasteiger partial charge in [-0.1, -0.05) is 125 Å². The predicted octanol–water partition coefficient (Wildman–Crippen LogP) is 21.4. The lowest BCUT2D eigenvalue weighted by atomic mass is 9.90. The minimum absolute atomic E-state index is 0. The number of alkyl halides is 8. The number of piperidine rings is 4. The fraction of sp³-hybridized carbons (Fsp3) is 0.612. The molecule has 3 aromatic carbocycles. The molecule has 3 aliphatic carbocycles. The fourth-order valence-electron chi connectivity index (χ4n) is 22.4. The van der Waals surface area contributed by atoms with Crippen molar-refractivity contribution in [2.75, 3.05) is 19.8 Å². The number of nitrogens with zero attached hydrogens (tertiary/aromatic N) is 4. The molecule has 3 saturated carbocycles. The highest BCUT2D eigenvalue weighted by atomic mass is 35.5. The highest BCUT2D eigenvalue weighted by molar-refractivity contribution is 7.90. The van der Waals surface area contributed by atoms with Gasteiger partial charge < -0.3 is 51.0 Å². The van der Waals surface area contributed by atoms with Gasteiger partial charge in [-0.3, -0.25) is 19.2 Å². The first-order valence-corrected chi connectivity index (χ1v) is 57.5. The molecular weight excluding hydrogens is 2040 g/mol. The molecule has 8 saturated heterocycles. The maximum Gasteiger partial charge on any atom is 0.307 e. The van der Waals surface area contributed by atoms with Crippen molar-refractivity contribution in [3.05, 3.63) is 158 Å². The number of amides is 4. The summed E-state index contributed by atoms with van der Waals surface area (Å²) in [4.78, 5) is 57.5. The van der Waals surface area contributed by atoms with Crippen LogP contribution in [0.5, 0.6) is 17.2 Å². The van der Waals surface area contributed by atoms with E-state index in [0.29, 0.717) is 152 Å². The van der Waals surface area contributed by atoms with Gasteiger partial charge in [-0.2, -0.15) is 49.3 Å². The second kappa shape index (κ2) is 46.6. The quantitative estimate of drug-likeness (QED) is 0.0228. The van der Waals surface area contributed by atoms with Gasteiger partial charge in [0.15, 0.2) is 24.2 Å². The topological polar surface area (TPSA) is 326 Å². The summed E-state index contributed by atoms with van der Waals surface area (Å²) in [5, 5.41) is 0. The van der Waals surface area contributed by atoms with Crippen molar-refractivity contribution in [3.8, 4) is 17.2 Å². The Kier molecular flexibility index (Phi) is 36.5. The second-order valence-corrected chi connectivity index (χ2v) is 51.5. The SMILES string of the molecule is C.CC1CC2CCC(C1)N2C(=O)C(N)C(F)(F)c1ccc(Cl)s1.CC1CC2CCC(C1)N2C(=O)C(NS(=O)(=O)c1ccc(OCC2CCCCC2)cc1)C(F)(F)c1ccc(Cl)s1.NC1CC2CCC(C1)N2C(=O)C(NS(=O)(=O)c1ccc(OCC2CCCCC2)cc1)C(F)(F)c1ccc(Cl)s1.NC1CC2CCC(C1)N2C(=O)[C@@H](NS(=O)(=O)c1ccc(OCC2CCCCC2)cc1)C(F)(F)c1ccc(Cl)s1. The van der Waals surface area contributed by atoms with E-state index in [1.54, 1.807) is 4.90 Å². The summed E-state index contributed by atoms with van der Waals surface area (Å²) in [5.74, 6) is -14.4. The standard InChI is InChI=1S/C28H35ClF2N2O4S2.2C27H34ClF2N3O4S2.C15H19ClF2N2OS.CH4/c1-18-15-20-7-8-21(16-18)33(20)27(34)26(28(30,31)24-13-14-25(29)38-24)32-39(35,36)23-11-9-22(10-12-23)37-17-19-5-3-2-4-6-19;2*28-24-13-12-23(38-24)27(29,30)25(26(34)33-19-6-7-20(33)15-18(31)14-19)32-39(35,36)22-10-8-21(9-11-22)37-16-17-4-2-1-3-5-17;1-8-6-9-2-3-10(7-8)20(9)14(21)13(19)15(17,18)11-4-5-12(16)22-11;/h9-14,18-21,26,32H,2-8,15-17H2,1H3;2*8-13,17-20,25,32H,1-7,14-16,31H2;4-5,8-10,13H,2-3,6-7,19H2,1H3;1H4/t;18?,19?,20?,25-;;;/m.1.../s1. The van der Waals surface area contributed by atoms with Gasteiger partial charge in [-0.15, -0.1) is 45.3 Å². The Labute approximate surface area is 851 Å². The molecule has 9 N–H and O–H groups in total. The number of fused-ring (bicyclic) bond motifs is 8. The second-order valence-electron chi connectivity index (χ2n) is 39.5. The minimum Gasteiger partial charge on any atom is -0.493 e. The number of sulfonamides is 3. The summed E-state index contributed by atoms with van der Waals surface area (Å²) < 4.78 is 229. The molecular formula is C98H126Cl4F8N10O13S7. The Morgan fingerprint density at radius 1 is 0.343 bits per heavy atom. The van der Waals surface area contributed by atoms with Crippen LogP contribution in [-0.2, 0) is 72.9 Å². The van der Waals surface area contributed by atoms with Gasteiger partial charge in [-0.25, -0.2) is 25.3 Å². The highest BCUT2D eigenvalue weighted by Crippen LogP contribution is 2.50. The van der Waals surface area contributed by atoms with Crippen LogP contribution in [0.4, 0.5) is 35.1 Å². The van der Waals surface area contributed by atoms with E-state index in [0.717, 1.165) is 119 Å². The molecule has 11 fully saturated rings. The van der Waals surface area contributed by atoms with Crippen molar-refractivity contribution in [2.45, 2.75) is 343 Å². The van der Waals surface area contributed by atoms with Crippen molar-refractivity contribution in [1.29, 1.82) is 0 Å². The molecule has 140 heavy (non-hydrogen) atoms. The molecule has 12 heterocycles. The molecule has 7 aromatic rings. The molecule has 772 valence electrons. The van der Waals surface area contributed by atoms with Crippen LogP contribution >= 0.6 is 91.8 Å². The molecule has 23 nitrogen and oxygen atoms in total. The van der Waals surface area contributed by atoms with Gasteiger partial charge in [-0.05, 0) is 292 Å². The van der Waals surface area contributed by atoms with Gasteiger partial charge in [0.1, 0.15) is 17.2 Å². The van der Waals surface area contributed by atoms with Crippen molar-refractivity contribution in [3.63, 3.8) is 0 Å². The number of ether oxygens (including phenoxy) is 3. The van der Waals surface area contributed by atoms with Crippen molar-refractivity contribution in [2.24, 2.45) is 46.8 Å². The van der Waals surface area contributed by atoms with Crippen molar-refractivity contribution in [1.82, 2.24) is 33.8 Å². The zero-order valence-corrected chi connectivity index (χ0v) is 86.0. The third-order valence-corrected chi connectivity index (χ3v) is 39.0. The number of rotatable bonds is 30. The number of benzene rings is 3. The minimum atomic E-state index is -4.49. The number of nitrogens with two attached hydrogens (primary N) is 3. The molecule has 0 spiro atoms. The van der Waals surface area contributed by atoms with E-state index in [1.807, 2.05) is 0 Å². The van der Waals surface area contributed by atoms with Crippen molar-refractivity contribution < 1.29 is 93.8 Å². The smallest absolute Gasteiger partial charge is 0.307 e. The first-order chi connectivity index (χ1) is 65.9. The summed E-state index contributed by atoms with van der Waals surface area (Å²) in [6.07, 6.45) is 28.6. The summed E-state index contributed by atoms with van der Waals surface area (Å²) in [7, 11) is -13.4. The normalized spacial score (nSPS) is 25.6. The summed E-state index contributed by atoms with van der Waals surface area (Å²) in [6, 6.07) is 16.6. The monoisotopic (exact) mass is 2170 g/mol. The van der Waals surface area contributed by atoms with Gasteiger partial charge in [0.05, 0.1) is 71.4 Å². The van der Waals surface area contributed by atoms with Crippen LogP contribution in [0.25, 0.3) is 0 Å². The lowest BCUT2D eigenvalue weighted by Crippen LogP contribution is -2.60. The van der Waals surface area contributed by atoms with Crippen LogP contribution in [0.15, 0.2) is 136 Å². The third kappa shape index (κ3) is 25.8. The number of thiophene rings is 4. The number of carbonyl (C=O) groups is 4. The van der Waals surface area contributed by atoms with E-state index in [1.165, 1.54) is 176 Å². The molecule has 11 unspecified atom stereocenters. The Balaban J connectivity index is 0.000000151. The molecule has 4 aromatic heterocycles. The van der Waals surface area contributed by atoms with Crippen LogP contribution in [0, 0.1) is 29.6 Å². The van der Waals surface area contributed by atoms with Crippen molar-refractivity contribution >= 4 is 145 Å². The van der Waals surface area contributed by atoms with Crippen LogP contribution in [-0.4, -0.2) is 173 Å². The van der Waals surface area contributed by atoms with Gasteiger partial charge in [0.2, 0.25) is 53.7 Å². The van der Waals surface area contributed by atoms with Gasteiger partial charge in [0.25, 0.3) is 0 Å².